The van der Waals surface area contributed by atoms with Crippen molar-refractivity contribution in [3.8, 4) is 0 Å². The first kappa shape index (κ1) is 10.7. The van der Waals surface area contributed by atoms with E-state index in [1.165, 1.54) is 10.4 Å². The molecule has 1 aromatic carbocycles. The Morgan fingerprint density at radius 1 is 1.29 bits per heavy atom. The third kappa shape index (κ3) is 1.93. The van der Waals surface area contributed by atoms with Crippen LogP contribution >= 0.6 is 11.5 Å². The topological polar surface area (TPSA) is 33.2 Å². The van der Waals surface area contributed by atoms with Crippen molar-refractivity contribution in [3.05, 3.63) is 24.3 Å². The molecule has 1 aromatic heterocycles. The highest BCUT2D eigenvalue weighted by atomic mass is 32.1. The Morgan fingerprint density at radius 2 is 2.06 bits per heavy atom. The molecule has 0 bridgehead atoms. The first-order valence-corrected chi connectivity index (χ1v) is 6.70. The average molecular weight is 246 g/mol. The lowest BCUT2D eigenvalue weighted by molar-refractivity contribution is -0.111. The quantitative estimate of drug-likeness (QED) is 0.764. The minimum atomic E-state index is 0.255. The summed E-state index contributed by atoms with van der Waals surface area (Å²) < 4.78 is 4.46. The van der Waals surface area contributed by atoms with Crippen molar-refractivity contribution in [3.63, 3.8) is 0 Å². The fourth-order valence-electron chi connectivity index (χ4n) is 2.34. The number of carbonyl (C=O) groups excluding carboxylic acids is 1. The summed E-state index contributed by atoms with van der Waals surface area (Å²) in [6.07, 6.45) is 3.04. The van der Waals surface area contributed by atoms with Crippen LogP contribution in [0, 0.1) is 5.92 Å². The van der Waals surface area contributed by atoms with Crippen molar-refractivity contribution in [2.24, 2.45) is 5.92 Å². The van der Waals surface area contributed by atoms with Crippen LogP contribution in [0.5, 0.6) is 0 Å². The smallest absolute Gasteiger partial charge is 0.123 e. The molecule has 0 N–H and O–H groups in total. The van der Waals surface area contributed by atoms with Crippen LogP contribution in [0.1, 0.15) is 12.8 Å². The molecule has 3 rings (SSSR count). The Balaban J connectivity index is 1.87. The molecule has 0 aliphatic carbocycles. The maximum Gasteiger partial charge on any atom is 0.123 e. The van der Waals surface area contributed by atoms with Gasteiger partial charge in [-0.25, -0.2) is 0 Å². The highest BCUT2D eigenvalue weighted by Gasteiger charge is 2.21. The average Bonchev–Trinajstić information content (AvgIpc) is 2.83. The number of aldehydes is 1. The van der Waals surface area contributed by atoms with Gasteiger partial charge >= 0.3 is 0 Å². The van der Waals surface area contributed by atoms with E-state index in [4.69, 9.17) is 0 Å². The van der Waals surface area contributed by atoms with Crippen LogP contribution in [0.3, 0.4) is 0 Å². The van der Waals surface area contributed by atoms with E-state index in [0.717, 1.165) is 37.7 Å². The van der Waals surface area contributed by atoms with Crippen LogP contribution in [-0.2, 0) is 4.79 Å². The van der Waals surface area contributed by atoms with Gasteiger partial charge in [-0.3, -0.25) is 0 Å². The Labute approximate surface area is 104 Å². The van der Waals surface area contributed by atoms with Crippen molar-refractivity contribution >= 4 is 33.7 Å². The molecule has 1 saturated heterocycles. The van der Waals surface area contributed by atoms with Gasteiger partial charge in [0, 0.05) is 24.4 Å². The molecule has 0 radical (unpaired) electrons. The van der Waals surface area contributed by atoms with E-state index in [1.807, 2.05) is 12.1 Å². The van der Waals surface area contributed by atoms with Gasteiger partial charge < -0.3 is 9.69 Å². The van der Waals surface area contributed by atoms with Crippen molar-refractivity contribution in [1.29, 1.82) is 0 Å². The predicted octanol–water partition coefficient (Wildman–Crippen LogP) is 2.71. The Morgan fingerprint density at radius 3 is 2.82 bits per heavy atom. The molecule has 2 aromatic rings. The van der Waals surface area contributed by atoms with Crippen molar-refractivity contribution in [2.45, 2.75) is 12.8 Å². The Kier molecular flexibility index (Phi) is 2.81. The van der Waals surface area contributed by atoms with E-state index in [9.17, 15) is 4.79 Å². The lowest BCUT2D eigenvalue weighted by Gasteiger charge is -2.30. The number of aromatic nitrogens is 1. The summed E-state index contributed by atoms with van der Waals surface area (Å²) in [6.45, 7) is 1.94. The van der Waals surface area contributed by atoms with Gasteiger partial charge in [-0.1, -0.05) is 12.1 Å². The van der Waals surface area contributed by atoms with Crippen LogP contribution in [-0.4, -0.2) is 23.7 Å². The summed E-state index contributed by atoms with van der Waals surface area (Å²) in [5.41, 5.74) is 1.07. The van der Waals surface area contributed by atoms with E-state index < -0.39 is 0 Å². The molecule has 4 heteroatoms. The zero-order chi connectivity index (χ0) is 11.7. The normalized spacial score (nSPS) is 17.5. The van der Waals surface area contributed by atoms with E-state index in [1.54, 1.807) is 11.5 Å². The summed E-state index contributed by atoms with van der Waals surface area (Å²) in [5, 5.41) is 2.49. The van der Waals surface area contributed by atoms with Gasteiger partial charge in [0.15, 0.2) is 0 Å². The molecule has 1 aliphatic rings. The molecule has 0 spiro atoms. The maximum atomic E-state index is 10.7. The molecule has 3 nitrogen and oxygen atoms in total. The van der Waals surface area contributed by atoms with Gasteiger partial charge in [-0.2, -0.15) is 4.37 Å². The number of nitrogens with zero attached hydrogens (tertiary/aromatic N) is 2. The highest BCUT2D eigenvalue weighted by Crippen LogP contribution is 2.33. The molecule has 0 saturated carbocycles. The molecule has 0 unspecified atom stereocenters. The summed E-state index contributed by atoms with van der Waals surface area (Å²) >= 11 is 1.57. The van der Waals surface area contributed by atoms with E-state index in [-0.39, 0.29) is 5.92 Å². The summed E-state index contributed by atoms with van der Waals surface area (Å²) in [6, 6.07) is 8.25. The minimum Gasteiger partial charge on any atom is -0.362 e. The summed E-state index contributed by atoms with van der Waals surface area (Å²) in [5.74, 6) is 0.255. The van der Waals surface area contributed by atoms with E-state index >= 15 is 0 Å². The van der Waals surface area contributed by atoms with Crippen LogP contribution < -0.4 is 4.90 Å². The van der Waals surface area contributed by atoms with Gasteiger partial charge in [0.1, 0.15) is 11.3 Å². The number of piperidine rings is 1. The Hall–Kier alpha value is -1.42. The third-order valence-electron chi connectivity index (χ3n) is 3.38. The molecule has 0 atom stereocenters. The lowest BCUT2D eigenvalue weighted by Crippen LogP contribution is -2.33. The number of fused-ring (bicyclic) bond motifs is 1. The van der Waals surface area contributed by atoms with E-state index in [0.29, 0.717) is 0 Å². The molecular weight excluding hydrogens is 232 g/mol. The molecule has 17 heavy (non-hydrogen) atoms. The SMILES string of the molecule is O=CC1CCN(c2snc3ccccc23)CC1. The van der Waals surface area contributed by atoms with Crippen LogP contribution in [0.15, 0.2) is 24.3 Å². The number of rotatable bonds is 2. The van der Waals surface area contributed by atoms with Crippen molar-refractivity contribution in [1.82, 2.24) is 4.37 Å². The number of hydrogen-bond donors (Lipinski definition) is 0. The number of anilines is 1. The van der Waals surface area contributed by atoms with Crippen LogP contribution in [0.25, 0.3) is 10.9 Å². The Bertz CT molecular complexity index is 529. The first-order chi connectivity index (χ1) is 8.38. The van der Waals surface area contributed by atoms with Crippen molar-refractivity contribution < 1.29 is 4.79 Å². The van der Waals surface area contributed by atoms with Gasteiger partial charge in [0.2, 0.25) is 0 Å². The van der Waals surface area contributed by atoms with Gasteiger partial charge in [0.25, 0.3) is 0 Å². The van der Waals surface area contributed by atoms with E-state index in [2.05, 4.69) is 21.4 Å². The number of hydrogen-bond acceptors (Lipinski definition) is 4. The number of carbonyl (C=O) groups is 1. The second-order valence-corrected chi connectivity index (χ2v) is 5.22. The van der Waals surface area contributed by atoms with Gasteiger partial charge in [-0.15, -0.1) is 0 Å². The molecule has 88 valence electrons. The highest BCUT2D eigenvalue weighted by molar-refractivity contribution is 7.11. The molecule has 1 aliphatic heterocycles. The largest absolute Gasteiger partial charge is 0.362 e. The number of benzene rings is 1. The fraction of sp³-hybridized carbons (Fsp3) is 0.385. The first-order valence-electron chi connectivity index (χ1n) is 5.93. The molecule has 1 fully saturated rings. The van der Waals surface area contributed by atoms with Crippen molar-refractivity contribution in [2.75, 3.05) is 18.0 Å². The predicted molar refractivity (Wildman–Crippen MR) is 70.6 cm³/mol. The second-order valence-electron chi connectivity index (χ2n) is 4.47. The lowest BCUT2D eigenvalue weighted by atomic mass is 9.99. The second kappa shape index (κ2) is 4.45. The fourth-order valence-corrected chi connectivity index (χ4v) is 3.26. The summed E-state index contributed by atoms with van der Waals surface area (Å²) in [7, 11) is 0. The third-order valence-corrected chi connectivity index (χ3v) is 4.32. The van der Waals surface area contributed by atoms with Crippen LogP contribution in [0.4, 0.5) is 5.00 Å². The molecule has 0 amide bonds. The van der Waals surface area contributed by atoms with Gasteiger partial charge in [-0.05, 0) is 36.5 Å². The molecular formula is C13H14N2OS. The zero-order valence-electron chi connectivity index (χ0n) is 9.50. The maximum absolute atomic E-state index is 10.7. The van der Waals surface area contributed by atoms with Crippen LogP contribution in [0.2, 0.25) is 0 Å². The monoisotopic (exact) mass is 246 g/mol. The standard InChI is InChI=1S/C13H14N2OS/c16-9-10-5-7-15(8-6-10)13-11-3-1-2-4-12(11)14-17-13/h1-4,9-10H,5-8H2. The summed E-state index contributed by atoms with van der Waals surface area (Å²) in [4.78, 5) is 13.1. The zero-order valence-corrected chi connectivity index (χ0v) is 10.3. The van der Waals surface area contributed by atoms with Gasteiger partial charge in [0.05, 0.1) is 5.52 Å². The minimum absolute atomic E-state index is 0.255. The molecule has 2 heterocycles.